The molecule has 33 heavy (non-hydrogen) atoms. The molecule has 0 saturated heterocycles. The van der Waals surface area contributed by atoms with Crippen LogP contribution in [-0.2, 0) is 27.9 Å². The van der Waals surface area contributed by atoms with E-state index in [2.05, 4.69) is 4.98 Å². The minimum absolute atomic E-state index is 0.0140. The Labute approximate surface area is 186 Å². The van der Waals surface area contributed by atoms with Gasteiger partial charge in [0, 0.05) is 23.8 Å². The number of benzene rings is 2. The van der Waals surface area contributed by atoms with Gasteiger partial charge < -0.3 is 0 Å². The van der Waals surface area contributed by atoms with Crippen molar-refractivity contribution in [1.82, 2.24) is 18.8 Å². The van der Waals surface area contributed by atoms with Gasteiger partial charge in [-0.2, -0.15) is 0 Å². The summed E-state index contributed by atoms with van der Waals surface area (Å²) < 4.78 is 43.2. The normalized spacial score (nSPS) is 11.4. The first kappa shape index (κ1) is 22.1. The van der Waals surface area contributed by atoms with Gasteiger partial charge >= 0.3 is 5.69 Å². The van der Waals surface area contributed by atoms with Crippen LogP contribution in [0, 0.1) is 5.82 Å². The van der Waals surface area contributed by atoms with E-state index in [-0.39, 0.29) is 22.3 Å². The summed E-state index contributed by atoms with van der Waals surface area (Å²) in [6.45, 7) is -0.654. The van der Waals surface area contributed by atoms with Crippen LogP contribution in [0.5, 0.6) is 0 Å². The third kappa shape index (κ3) is 4.58. The predicted molar refractivity (Wildman–Crippen MR) is 118 cm³/mol. The molecule has 0 fully saturated rings. The summed E-state index contributed by atoms with van der Waals surface area (Å²) >= 11 is 0. The molecule has 0 radical (unpaired) electrons. The van der Waals surface area contributed by atoms with Crippen molar-refractivity contribution in [2.45, 2.75) is 18.0 Å². The summed E-state index contributed by atoms with van der Waals surface area (Å²) in [6, 6.07) is 14.8. The number of carbonyl (C=O) groups is 1. The Balaban J connectivity index is 1.61. The number of nitrogens with one attached hydrogen (secondary N) is 1. The third-order valence-corrected chi connectivity index (χ3v) is 6.29. The Bertz CT molecular complexity index is 1580. The molecule has 4 rings (SSSR count). The van der Waals surface area contributed by atoms with Crippen LogP contribution in [0.25, 0.3) is 10.9 Å². The molecule has 0 aliphatic carbocycles. The molecule has 2 aromatic heterocycles. The topological polar surface area (TPSA) is 120 Å². The highest BCUT2D eigenvalue weighted by molar-refractivity contribution is 7.90. The highest BCUT2D eigenvalue weighted by Crippen LogP contribution is 2.23. The lowest BCUT2D eigenvalue weighted by molar-refractivity contribution is -0.120. The molecule has 2 aromatic carbocycles. The summed E-state index contributed by atoms with van der Waals surface area (Å²) in [6.07, 6.45) is 2.61. The molecule has 0 aliphatic heterocycles. The van der Waals surface area contributed by atoms with E-state index >= 15 is 0 Å². The molecule has 0 aliphatic rings. The maximum atomic E-state index is 14.0. The van der Waals surface area contributed by atoms with Crippen molar-refractivity contribution in [3.05, 3.63) is 105 Å². The van der Waals surface area contributed by atoms with E-state index in [1.807, 2.05) is 10.8 Å². The van der Waals surface area contributed by atoms with Gasteiger partial charge in [-0.1, -0.05) is 30.3 Å². The van der Waals surface area contributed by atoms with Crippen molar-refractivity contribution < 1.29 is 17.6 Å². The van der Waals surface area contributed by atoms with Crippen LogP contribution in [0.4, 0.5) is 4.39 Å². The zero-order valence-corrected chi connectivity index (χ0v) is 17.8. The number of rotatable bonds is 6. The van der Waals surface area contributed by atoms with Crippen LogP contribution in [0.3, 0.4) is 0 Å². The minimum Gasteiger partial charge on any atom is -0.296 e. The fourth-order valence-corrected chi connectivity index (χ4v) is 4.51. The highest BCUT2D eigenvalue weighted by atomic mass is 32.2. The summed E-state index contributed by atoms with van der Waals surface area (Å²) in [4.78, 5) is 40.9. The van der Waals surface area contributed by atoms with E-state index in [4.69, 9.17) is 0 Å². The number of hydrogen-bond donors (Lipinski definition) is 1. The first-order chi connectivity index (χ1) is 15.8. The van der Waals surface area contributed by atoms with Gasteiger partial charge in [-0.15, -0.1) is 0 Å². The smallest absolute Gasteiger partial charge is 0.296 e. The van der Waals surface area contributed by atoms with Crippen LogP contribution in [0.15, 0.2) is 87.5 Å². The maximum absolute atomic E-state index is 14.0. The molecule has 168 valence electrons. The monoisotopic (exact) mass is 468 g/mol. The van der Waals surface area contributed by atoms with Crippen molar-refractivity contribution >= 4 is 26.8 Å². The SMILES string of the molecule is O=C(Cn1c(=O)ccn(Cc2ccccc2)c1=O)NS(=O)(=O)c1ccc(F)c2ncccc12. The second-order valence-electron chi connectivity index (χ2n) is 7.11. The van der Waals surface area contributed by atoms with Gasteiger partial charge in [0.25, 0.3) is 21.5 Å². The Morgan fingerprint density at radius 3 is 2.52 bits per heavy atom. The third-order valence-electron chi connectivity index (χ3n) is 4.86. The standard InChI is InChI=1S/C22H17FN4O5S/c23-17-8-9-18(16-7-4-11-24-21(16)17)33(31,32)25-19(28)14-27-20(29)10-12-26(22(27)30)13-15-5-2-1-3-6-15/h1-12H,13-14H2,(H,25,28). The van der Waals surface area contributed by atoms with Gasteiger partial charge in [-0.3, -0.25) is 23.7 Å². The van der Waals surface area contributed by atoms with Gasteiger partial charge in [0.05, 0.1) is 11.4 Å². The van der Waals surface area contributed by atoms with Gasteiger partial charge in [0.15, 0.2) is 0 Å². The number of nitrogens with zero attached hydrogens (tertiary/aromatic N) is 3. The first-order valence-corrected chi connectivity index (χ1v) is 11.2. The zero-order valence-electron chi connectivity index (χ0n) is 17.0. The quantitative estimate of drug-likeness (QED) is 0.455. The average Bonchev–Trinajstić information content (AvgIpc) is 2.79. The minimum atomic E-state index is -4.44. The fourth-order valence-electron chi connectivity index (χ4n) is 3.33. The van der Waals surface area contributed by atoms with Crippen molar-refractivity contribution in [1.29, 1.82) is 0 Å². The summed E-state index contributed by atoms with van der Waals surface area (Å²) in [5, 5.41) is -0.0140. The van der Waals surface area contributed by atoms with E-state index in [1.165, 1.54) is 29.1 Å². The molecule has 2 heterocycles. The Morgan fingerprint density at radius 1 is 1.00 bits per heavy atom. The number of amides is 1. The van der Waals surface area contributed by atoms with E-state index in [9.17, 15) is 27.2 Å². The number of carbonyl (C=O) groups excluding carboxylic acids is 1. The number of pyridine rings is 1. The Kier molecular flexibility index (Phi) is 5.88. The van der Waals surface area contributed by atoms with Crippen LogP contribution in [0.1, 0.15) is 5.56 Å². The van der Waals surface area contributed by atoms with Crippen LogP contribution >= 0.6 is 0 Å². The number of halogens is 1. The maximum Gasteiger partial charge on any atom is 0.331 e. The van der Waals surface area contributed by atoms with Crippen molar-refractivity contribution in [2.24, 2.45) is 0 Å². The molecule has 0 spiro atoms. The van der Waals surface area contributed by atoms with Crippen LogP contribution in [0.2, 0.25) is 0 Å². The van der Waals surface area contributed by atoms with E-state index < -0.39 is 39.5 Å². The van der Waals surface area contributed by atoms with Gasteiger partial charge in [0.1, 0.15) is 17.9 Å². The Hall–Kier alpha value is -4.12. The molecule has 0 bridgehead atoms. The fraction of sp³-hybridized carbons (Fsp3) is 0.0909. The second kappa shape index (κ2) is 8.79. The lowest BCUT2D eigenvalue weighted by atomic mass is 10.2. The number of hydrogen-bond acceptors (Lipinski definition) is 6. The average molecular weight is 468 g/mol. The molecule has 0 atom stereocenters. The largest absolute Gasteiger partial charge is 0.331 e. The molecule has 1 amide bonds. The molecular weight excluding hydrogens is 451 g/mol. The van der Waals surface area contributed by atoms with Crippen LogP contribution in [-0.4, -0.2) is 28.4 Å². The summed E-state index contributed by atoms with van der Waals surface area (Å²) in [7, 11) is -4.44. The Morgan fingerprint density at radius 2 is 1.76 bits per heavy atom. The molecule has 1 N–H and O–H groups in total. The second-order valence-corrected chi connectivity index (χ2v) is 8.76. The molecule has 4 aromatic rings. The molecule has 0 saturated carbocycles. The number of sulfonamides is 1. The predicted octanol–water partition coefficient (Wildman–Crippen LogP) is 1.25. The van der Waals surface area contributed by atoms with Gasteiger partial charge in [-0.25, -0.2) is 22.3 Å². The number of fused-ring (bicyclic) bond motifs is 1. The van der Waals surface area contributed by atoms with Crippen molar-refractivity contribution in [3.63, 3.8) is 0 Å². The van der Waals surface area contributed by atoms with Gasteiger partial charge in [0.2, 0.25) is 0 Å². The summed E-state index contributed by atoms with van der Waals surface area (Å²) in [5.41, 5.74) is -0.895. The zero-order chi connectivity index (χ0) is 23.6. The number of aromatic nitrogens is 3. The molecule has 11 heteroatoms. The van der Waals surface area contributed by atoms with E-state index in [0.717, 1.165) is 23.8 Å². The van der Waals surface area contributed by atoms with Gasteiger partial charge in [-0.05, 0) is 29.8 Å². The van der Waals surface area contributed by atoms with E-state index in [1.54, 1.807) is 24.3 Å². The molecular formula is C22H17FN4O5S. The molecule has 9 nitrogen and oxygen atoms in total. The lowest BCUT2D eigenvalue weighted by Gasteiger charge is -2.12. The first-order valence-electron chi connectivity index (χ1n) is 9.69. The molecule has 0 unspecified atom stereocenters. The van der Waals surface area contributed by atoms with Crippen molar-refractivity contribution in [3.8, 4) is 0 Å². The van der Waals surface area contributed by atoms with Crippen molar-refractivity contribution in [2.75, 3.05) is 0 Å². The highest BCUT2D eigenvalue weighted by Gasteiger charge is 2.23. The summed E-state index contributed by atoms with van der Waals surface area (Å²) in [5.74, 6) is -1.82. The lowest BCUT2D eigenvalue weighted by Crippen LogP contribution is -2.44. The van der Waals surface area contributed by atoms with E-state index in [0.29, 0.717) is 4.57 Å². The van der Waals surface area contributed by atoms with Crippen LogP contribution < -0.4 is 16.0 Å².